The maximum Gasteiger partial charge on any atom is 0.336 e. The minimum absolute atomic E-state index is 0.0513. The smallest absolute Gasteiger partial charge is 0.336 e. The lowest BCUT2D eigenvalue weighted by Crippen LogP contribution is -2.18. The van der Waals surface area contributed by atoms with Crippen molar-refractivity contribution in [1.29, 1.82) is 0 Å². The summed E-state index contributed by atoms with van der Waals surface area (Å²) >= 11 is 0. The molecule has 25 heavy (non-hydrogen) atoms. The average molecular weight is 336 g/mol. The first-order valence-corrected chi connectivity index (χ1v) is 8.67. The third kappa shape index (κ3) is 5.32. The van der Waals surface area contributed by atoms with Gasteiger partial charge in [0.15, 0.2) is 0 Å². The molecule has 0 aliphatic carbocycles. The molecule has 0 bridgehead atoms. The zero-order chi connectivity index (χ0) is 18.7. The zero-order valence-corrected chi connectivity index (χ0v) is 16.1. The first kappa shape index (κ1) is 19.0. The van der Waals surface area contributed by atoms with Gasteiger partial charge >= 0.3 is 5.97 Å². The molecule has 2 rings (SSSR count). The first-order chi connectivity index (χ1) is 11.6. The Morgan fingerprint density at radius 1 is 0.880 bits per heavy atom. The summed E-state index contributed by atoms with van der Waals surface area (Å²) in [7, 11) is 0. The van der Waals surface area contributed by atoms with Gasteiger partial charge in [0.25, 0.3) is 0 Å². The van der Waals surface area contributed by atoms with E-state index in [1.807, 2.05) is 42.5 Å². The van der Waals surface area contributed by atoms with Crippen molar-refractivity contribution in [2.75, 3.05) is 0 Å². The number of carbonyl (C=O) groups is 1. The Hall–Kier alpha value is -2.35. The van der Waals surface area contributed by atoms with Gasteiger partial charge in [0.2, 0.25) is 0 Å². The van der Waals surface area contributed by atoms with E-state index in [1.54, 1.807) is 6.08 Å². The SMILES string of the molecule is CC(C)(C)c1ccc(OC(=O)/C=C/c2ccccc2)c(C(C)(C)C)c1. The standard InChI is InChI=1S/C23H28O2/c1-22(2,3)18-13-14-20(19(16-18)23(4,5)6)25-21(24)15-12-17-10-8-7-9-11-17/h7-16H,1-6H3/b15-12+. The van der Waals surface area contributed by atoms with Crippen LogP contribution < -0.4 is 4.74 Å². The maximum absolute atomic E-state index is 12.2. The van der Waals surface area contributed by atoms with E-state index in [4.69, 9.17) is 4.74 Å². The Balaban J connectivity index is 2.26. The van der Waals surface area contributed by atoms with Gasteiger partial charge in [-0.2, -0.15) is 0 Å². The fourth-order valence-electron chi connectivity index (χ4n) is 2.54. The van der Waals surface area contributed by atoms with E-state index < -0.39 is 0 Å². The summed E-state index contributed by atoms with van der Waals surface area (Å²) < 4.78 is 5.64. The highest BCUT2D eigenvalue weighted by atomic mass is 16.5. The van der Waals surface area contributed by atoms with Crippen molar-refractivity contribution in [1.82, 2.24) is 0 Å². The Morgan fingerprint density at radius 2 is 1.52 bits per heavy atom. The van der Waals surface area contributed by atoms with Gasteiger partial charge in [0.1, 0.15) is 5.75 Å². The lowest BCUT2D eigenvalue weighted by molar-refractivity contribution is -0.128. The molecule has 132 valence electrons. The number of hydrogen-bond acceptors (Lipinski definition) is 2. The van der Waals surface area contributed by atoms with Crippen LogP contribution in [0.25, 0.3) is 6.08 Å². The third-order valence-corrected chi connectivity index (χ3v) is 4.08. The van der Waals surface area contributed by atoms with E-state index >= 15 is 0 Å². The molecule has 2 heteroatoms. The number of ether oxygens (including phenoxy) is 1. The maximum atomic E-state index is 12.2. The molecule has 2 nitrogen and oxygen atoms in total. The van der Waals surface area contributed by atoms with Gasteiger partial charge < -0.3 is 4.74 Å². The summed E-state index contributed by atoms with van der Waals surface area (Å²) in [5.41, 5.74) is 3.19. The van der Waals surface area contributed by atoms with E-state index in [-0.39, 0.29) is 16.8 Å². The van der Waals surface area contributed by atoms with Crippen molar-refractivity contribution >= 4 is 12.0 Å². The minimum atomic E-state index is -0.363. The van der Waals surface area contributed by atoms with Crippen LogP contribution in [0.5, 0.6) is 5.75 Å². The zero-order valence-electron chi connectivity index (χ0n) is 16.1. The van der Waals surface area contributed by atoms with Crippen LogP contribution in [0.15, 0.2) is 54.6 Å². The lowest BCUT2D eigenvalue weighted by atomic mass is 9.80. The molecule has 0 fully saturated rings. The predicted octanol–water partition coefficient (Wildman–Crippen LogP) is 5.90. The second-order valence-corrected chi connectivity index (χ2v) is 8.38. The molecule has 0 heterocycles. The normalized spacial score (nSPS) is 12.4. The summed E-state index contributed by atoms with van der Waals surface area (Å²) in [5, 5.41) is 0. The van der Waals surface area contributed by atoms with Crippen LogP contribution in [0.4, 0.5) is 0 Å². The van der Waals surface area contributed by atoms with Crippen LogP contribution in [0.1, 0.15) is 58.2 Å². The van der Waals surface area contributed by atoms with E-state index in [9.17, 15) is 4.79 Å². The summed E-state index contributed by atoms with van der Waals surface area (Å²) in [6.45, 7) is 12.9. The molecule has 0 aromatic heterocycles. The van der Waals surface area contributed by atoms with Crippen LogP contribution >= 0.6 is 0 Å². The van der Waals surface area contributed by atoms with Crippen molar-refractivity contribution in [3.63, 3.8) is 0 Å². The van der Waals surface area contributed by atoms with Gasteiger partial charge in [-0.05, 0) is 34.1 Å². The first-order valence-electron chi connectivity index (χ1n) is 8.67. The molecular formula is C23H28O2. The quantitative estimate of drug-likeness (QED) is 0.396. The Labute approximate surface area is 151 Å². The Kier molecular flexibility index (Phi) is 5.52. The number of rotatable bonds is 3. The Morgan fingerprint density at radius 3 is 2.08 bits per heavy atom. The van der Waals surface area contributed by atoms with Crippen LogP contribution in [-0.2, 0) is 15.6 Å². The molecule has 0 N–H and O–H groups in total. The van der Waals surface area contributed by atoms with Gasteiger partial charge in [0, 0.05) is 11.6 Å². The predicted molar refractivity (Wildman–Crippen MR) is 105 cm³/mol. The monoisotopic (exact) mass is 336 g/mol. The summed E-state index contributed by atoms with van der Waals surface area (Å²) in [6.07, 6.45) is 3.24. The molecule has 0 amide bonds. The van der Waals surface area contributed by atoms with E-state index in [0.29, 0.717) is 5.75 Å². The molecule has 0 unspecified atom stereocenters. The van der Waals surface area contributed by atoms with Gasteiger partial charge in [-0.25, -0.2) is 4.79 Å². The molecule has 0 radical (unpaired) electrons. The topological polar surface area (TPSA) is 26.3 Å². The Bertz CT molecular complexity index is 757. The molecular weight excluding hydrogens is 308 g/mol. The van der Waals surface area contributed by atoms with Gasteiger partial charge in [-0.1, -0.05) is 84.0 Å². The van der Waals surface area contributed by atoms with Crippen molar-refractivity contribution in [2.45, 2.75) is 52.4 Å². The molecule has 0 aliphatic rings. The van der Waals surface area contributed by atoms with Crippen molar-refractivity contribution in [3.8, 4) is 5.75 Å². The fourth-order valence-corrected chi connectivity index (χ4v) is 2.54. The second kappa shape index (κ2) is 7.26. The average Bonchev–Trinajstić information content (AvgIpc) is 2.52. The van der Waals surface area contributed by atoms with Gasteiger partial charge in [-0.3, -0.25) is 0 Å². The fraction of sp³-hybridized carbons (Fsp3) is 0.348. The summed E-state index contributed by atoms with van der Waals surface area (Å²) in [6, 6.07) is 15.8. The highest BCUT2D eigenvalue weighted by Gasteiger charge is 2.23. The number of carbonyl (C=O) groups excluding carboxylic acids is 1. The third-order valence-electron chi connectivity index (χ3n) is 4.08. The summed E-state index contributed by atoms with van der Waals surface area (Å²) in [4.78, 5) is 12.2. The van der Waals surface area contributed by atoms with Crippen LogP contribution in [0, 0.1) is 0 Å². The van der Waals surface area contributed by atoms with Crippen LogP contribution in [0.2, 0.25) is 0 Å². The molecule has 0 saturated heterocycles. The largest absolute Gasteiger partial charge is 0.423 e. The van der Waals surface area contributed by atoms with Crippen molar-refractivity contribution in [3.05, 3.63) is 71.3 Å². The molecule has 0 saturated carbocycles. The van der Waals surface area contributed by atoms with E-state index in [0.717, 1.165) is 11.1 Å². The van der Waals surface area contributed by atoms with Crippen molar-refractivity contribution in [2.24, 2.45) is 0 Å². The number of hydrogen-bond donors (Lipinski definition) is 0. The molecule has 0 atom stereocenters. The minimum Gasteiger partial charge on any atom is -0.423 e. The van der Waals surface area contributed by atoms with Crippen LogP contribution in [-0.4, -0.2) is 5.97 Å². The van der Waals surface area contributed by atoms with Gasteiger partial charge in [-0.15, -0.1) is 0 Å². The summed E-state index contributed by atoms with van der Waals surface area (Å²) in [5.74, 6) is 0.265. The van der Waals surface area contributed by atoms with E-state index in [1.165, 1.54) is 11.6 Å². The molecule has 2 aromatic rings. The lowest BCUT2D eigenvalue weighted by Gasteiger charge is -2.26. The van der Waals surface area contributed by atoms with E-state index in [2.05, 4.69) is 47.6 Å². The highest BCUT2D eigenvalue weighted by molar-refractivity contribution is 5.88. The molecule has 0 spiro atoms. The molecule has 2 aromatic carbocycles. The number of benzene rings is 2. The van der Waals surface area contributed by atoms with Gasteiger partial charge in [0.05, 0.1) is 0 Å². The van der Waals surface area contributed by atoms with Crippen LogP contribution in [0.3, 0.4) is 0 Å². The number of esters is 1. The van der Waals surface area contributed by atoms with Crippen molar-refractivity contribution < 1.29 is 9.53 Å². The highest BCUT2D eigenvalue weighted by Crippen LogP contribution is 2.35. The second-order valence-electron chi connectivity index (χ2n) is 8.38. The molecule has 0 aliphatic heterocycles.